The Morgan fingerprint density at radius 3 is 2.08 bits per heavy atom. The van der Waals surface area contributed by atoms with E-state index in [1.807, 2.05) is 71.4 Å². The van der Waals surface area contributed by atoms with Crippen LogP contribution in [0.1, 0.15) is 48.8 Å². The van der Waals surface area contributed by atoms with Crippen molar-refractivity contribution in [3.63, 3.8) is 0 Å². The number of carbonyl (C=O) groups excluding carboxylic acids is 1. The monoisotopic (exact) mass is 345 g/mol. The zero-order valence-electron chi connectivity index (χ0n) is 14.7. The first kappa shape index (κ1) is 16.6. The number of nitrogens with zero attached hydrogens (tertiary/aromatic N) is 2. The van der Waals surface area contributed by atoms with Gasteiger partial charge in [0.2, 0.25) is 5.91 Å². The second-order valence-electron chi connectivity index (χ2n) is 6.84. The van der Waals surface area contributed by atoms with Crippen molar-refractivity contribution in [1.82, 2.24) is 9.78 Å². The fourth-order valence-corrected chi connectivity index (χ4v) is 3.84. The van der Waals surface area contributed by atoms with Crippen molar-refractivity contribution in [2.75, 3.05) is 5.32 Å². The molecule has 4 rings (SSSR count). The first-order valence-corrected chi connectivity index (χ1v) is 9.27. The Labute approximate surface area is 153 Å². The molecule has 1 amide bonds. The van der Waals surface area contributed by atoms with Gasteiger partial charge < -0.3 is 5.32 Å². The fraction of sp³-hybridized carbons (Fsp3) is 0.273. The predicted octanol–water partition coefficient (Wildman–Crippen LogP) is 4.77. The number of amides is 1. The summed E-state index contributed by atoms with van der Waals surface area (Å²) >= 11 is 0. The molecule has 0 unspecified atom stereocenters. The zero-order chi connectivity index (χ0) is 17.8. The maximum absolute atomic E-state index is 13.2. The van der Waals surface area contributed by atoms with Crippen molar-refractivity contribution in [1.29, 1.82) is 0 Å². The third-order valence-electron chi connectivity index (χ3n) is 5.12. The molecule has 1 aromatic heterocycles. The number of anilines is 1. The molecule has 0 spiro atoms. The number of hydrogen-bond acceptors (Lipinski definition) is 2. The lowest BCUT2D eigenvalue weighted by Crippen LogP contribution is -2.24. The summed E-state index contributed by atoms with van der Waals surface area (Å²) < 4.78 is 1.98. The van der Waals surface area contributed by atoms with E-state index in [1.54, 1.807) is 6.20 Å². The normalized spacial score (nSPS) is 14.7. The van der Waals surface area contributed by atoms with E-state index in [1.165, 1.54) is 12.8 Å². The van der Waals surface area contributed by atoms with Crippen molar-refractivity contribution in [3.05, 3.63) is 84.1 Å². The molecule has 0 atom stereocenters. The maximum Gasteiger partial charge on any atom is 0.237 e. The van der Waals surface area contributed by atoms with E-state index in [0.717, 1.165) is 29.8 Å². The molecule has 26 heavy (non-hydrogen) atoms. The molecule has 4 nitrogen and oxygen atoms in total. The summed E-state index contributed by atoms with van der Waals surface area (Å²) in [6, 6.07) is 22.1. The number of aromatic nitrogens is 2. The van der Waals surface area contributed by atoms with Crippen LogP contribution in [0.15, 0.2) is 72.9 Å². The Hall–Kier alpha value is -2.88. The van der Waals surface area contributed by atoms with E-state index in [0.29, 0.717) is 6.04 Å². The van der Waals surface area contributed by atoms with Gasteiger partial charge in [0.1, 0.15) is 5.82 Å². The molecular weight excluding hydrogens is 322 g/mol. The minimum absolute atomic E-state index is 0.0258. The Balaban J connectivity index is 1.63. The Morgan fingerprint density at radius 1 is 0.923 bits per heavy atom. The molecule has 0 aliphatic heterocycles. The smallest absolute Gasteiger partial charge is 0.237 e. The minimum atomic E-state index is -0.343. The largest absolute Gasteiger partial charge is 0.310 e. The zero-order valence-corrected chi connectivity index (χ0v) is 14.7. The average molecular weight is 345 g/mol. The molecule has 1 saturated carbocycles. The van der Waals surface area contributed by atoms with Gasteiger partial charge in [-0.25, -0.2) is 4.68 Å². The van der Waals surface area contributed by atoms with Crippen LogP contribution in [0.4, 0.5) is 5.82 Å². The lowest BCUT2D eigenvalue weighted by molar-refractivity contribution is -0.116. The quantitative estimate of drug-likeness (QED) is 0.724. The lowest BCUT2D eigenvalue weighted by Gasteiger charge is -2.20. The van der Waals surface area contributed by atoms with E-state index in [9.17, 15) is 4.79 Å². The highest BCUT2D eigenvalue weighted by Gasteiger charge is 2.25. The summed E-state index contributed by atoms with van der Waals surface area (Å²) in [5.41, 5.74) is 1.98. The molecule has 1 aliphatic rings. The molecular formula is C22H23N3O. The molecule has 4 heteroatoms. The van der Waals surface area contributed by atoms with Crippen molar-refractivity contribution in [2.24, 2.45) is 0 Å². The first-order chi connectivity index (χ1) is 12.8. The third-order valence-corrected chi connectivity index (χ3v) is 5.12. The number of benzene rings is 2. The molecule has 0 bridgehead atoms. The number of hydrogen-bond donors (Lipinski definition) is 1. The van der Waals surface area contributed by atoms with Crippen LogP contribution in [-0.2, 0) is 4.79 Å². The van der Waals surface area contributed by atoms with E-state index >= 15 is 0 Å². The van der Waals surface area contributed by atoms with Gasteiger partial charge in [-0.05, 0) is 24.0 Å². The van der Waals surface area contributed by atoms with Crippen LogP contribution >= 0.6 is 0 Å². The lowest BCUT2D eigenvalue weighted by atomic mass is 9.90. The first-order valence-electron chi connectivity index (χ1n) is 9.27. The van der Waals surface area contributed by atoms with Gasteiger partial charge in [-0.15, -0.1) is 0 Å². The van der Waals surface area contributed by atoms with Gasteiger partial charge in [0, 0.05) is 6.07 Å². The van der Waals surface area contributed by atoms with Crippen LogP contribution in [0.2, 0.25) is 0 Å². The number of rotatable bonds is 5. The Kier molecular flexibility index (Phi) is 4.82. The van der Waals surface area contributed by atoms with Crippen LogP contribution < -0.4 is 5.32 Å². The molecule has 0 radical (unpaired) electrons. The van der Waals surface area contributed by atoms with Crippen LogP contribution in [0.25, 0.3) is 0 Å². The van der Waals surface area contributed by atoms with E-state index in [-0.39, 0.29) is 11.8 Å². The van der Waals surface area contributed by atoms with Gasteiger partial charge in [0.15, 0.2) is 0 Å². The fourth-order valence-electron chi connectivity index (χ4n) is 3.84. The van der Waals surface area contributed by atoms with E-state index in [4.69, 9.17) is 0 Å². The van der Waals surface area contributed by atoms with Crippen molar-refractivity contribution < 1.29 is 4.79 Å². The Morgan fingerprint density at radius 2 is 1.50 bits per heavy atom. The van der Waals surface area contributed by atoms with Crippen LogP contribution in [0.5, 0.6) is 0 Å². The molecule has 2 aromatic carbocycles. The van der Waals surface area contributed by atoms with Crippen LogP contribution in [0.3, 0.4) is 0 Å². The van der Waals surface area contributed by atoms with E-state index in [2.05, 4.69) is 10.4 Å². The molecule has 1 fully saturated rings. The topological polar surface area (TPSA) is 46.9 Å². The second-order valence-corrected chi connectivity index (χ2v) is 6.84. The predicted molar refractivity (Wildman–Crippen MR) is 103 cm³/mol. The van der Waals surface area contributed by atoms with Crippen LogP contribution in [0, 0.1) is 0 Å². The standard InChI is InChI=1S/C22H23N3O/c26-22(24-20-15-16-23-25(20)19-13-7-8-14-19)21(17-9-3-1-4-10-17)18-11-5-2-6-12-18/h1-6,9-12,15-16,19,21H,7-8,13-14H2,(H,24,26). The van der Waals surface area contributed by atoms with Gasteiger partial charge in [0.05, 0.1) is 18.2 Å². The van der Waals surface area contributed by atoms with Gasteiger partial charge >= 0.3 is 0 Å². The summed E-state index contributed by atoms with van der Waals surface area (Å²) in [6.07, 6.45) is 6.49. The molecule has 1 heterocycles. The summed E-state index contributed by atoms with van der Waals surface area (Å²) in [5.74, 6) is 0.422. The second kappa shape index (κ2) is 7.56. The van der Waals surface area contributed by atoms with Gasteiger partial charge in [0.25, 0.3) is 0 Å². The van der Waals surface area contributed by atoms with Crippen LogP contribution in [-0.4, -0.2) is 15.7 Å². The van der Waals surface area contributed by atoms with Crippen molar-refractivity contribution >= 4 is 11.7 Å². The van der Waals surface area contributed by atoms with Gasteiger partial charge in [-0.1, -0.05) is 73.5 Å². The highest BCUT2D eigenvalue weighted by atomic mass is 16.2. The third kappa shape index (κ3) is 3.40. The molecule has 0 saturated heterocycles. The minimum Gasteiger partial charge on any atom is -0.310 e. The number of carbonyl (C=O) groups is 1. The highest BCUT2D eigenvalue weighted by molar-refractivity contribution is 5.97. The maximum atomic E-state index is 13.2. The Bertz CT molecular complexity index is 812. The molecule has 3 aromatic rings. The van der Waals surface area contributed by atoms with Crippen molar-refractivity contribution in [2.45, 2.75) is 37.6 Å². The number of nitrogens with one attached hydrogen (secondary N) is 1. The average Bonchev–Trinajstić information content (AvgIpc) is 3.35. The molecule has 132 valence electrons. The summed E-state index contributed by atoms with van der Waals surface area (Å²) in [4.78, 5) is 13.2. The highest BCUT2D eigenvalue weighted by Crippen LogP contribution is 2.32. The van der Waals surface area contributed by atoms with Gasteiger partial charge in [-0.3, -0.25) is 4.79 Å². The molecule has 1 N–H and O–H groups in total. The van der Waals surface area contributed by atoms with Crippen molar-refractivity contribution in [3.8, 4) is 0 Å². The molecule has 1 aliphatic carbocycles. The summed E-state index contributed by atoms with van der Waals surface area (Å²) in [5, 5.41) is 7.58. The van der Waals surface area contributed by atoms with Gasteiger partial charge in [-0.2, -0.15) is 5.10 Å². The SMILES string of the molecule is O=C(Nc1ccnn1C1CCCC1)C(c1ccccc1)c1ccccc1. The summed E-state index contributed by atoms with van der Waals surface area (Å²) in [6.45, 7) is 0. The van der Waals surface area contributed by atoms with E-state index < -0.39 is 0 Å². The summed E-state index contributed by atoms with van der Waals surface area (Å²) in [7, 11) is 0.